The molecule has 17 heavy (non-hydrogen) atoms. The molecule has 1 atom stereocenters. The summed E-state index contributed by atoms with van der Waals surface area (Å²) in [5.74, 6) is 3.01. The minimum absolute atomic E-state index is 0.156. The van der Waals surface area contributed by atoms with Crippen LogP contribution in [0.4, 0.5) is 0 Å². The Bertz CT molecular complexity index is 342. The van der Waals surface area contributed by atoms with Gasteiger partial charge in [-0.15, -0.1) is 0 Å². The lowest BCUT2D eigenvalue weighted by Crippen LogP contribution is -2.18. The topological polar surface area (TPSA) is 51.0 Å². The van der Waals surface area contributed by atoms with Crippen molar-refractivity contribution in [2.45, 2.75) is 58.4 Å². The highest BCUT2D eigenvalue weighted by Gasteiger charge is 2.24. The second kappa shape index (κ2) is 5.63. The molecule has 96 valence electrons. The number of hydrogen-bond donors (Lipinski definition) is 1. The van der Waals surface area contributed by atoms with Gasteiger partial charge in [0.1, 0.15) is 0 Å². The molecule has 0 aromatic carbocycles. The molecule has 1 heterocycles. The Balaban J connectivity index is 1.98. The molecule has 0 saturated heterocycles. The minimum atomic E-state index is 0.156. The molecule has 0 spiro atoms. The zero-order chi connectivity index (χ0) is 12.3. The van der Waals surface area contributed by atoms with Crippen molar-refractivity contribution in [3.63, 3.8) is 0 Å². The van der Waals surface area contributed by atoms with Crippen LogP contribution in [0.15, 0.2) is 4.52 Å². The molecule has 1 aliphatic carbocycles. The van der Waals surface area contributed by atoms with Gasteiger partial charge in [-0.1, -0.05) is 31.8 Å². The van der Waals surface area contributed by atoms with Gasteiger partial charge in [0, 0.05) is 5.92 Å². The monoisotopic (exact) mass is 237 g/mol. The maximum Gasteiger partial charge on any atom is 0.243 e. The molecule has 0 aliphatic heterocycles. The van der Waals surface area contributed by atoms with E-state index in [1.54, 1.807) is 0 Å². The molecule has 4 heteroatoms. The molecule has 1 aliphatic rings. The summed E-state index contributed by atoms with van der Waals surface area (Å²) in [5, 5.41) is 7.43. The van der Waals surface area contributed by atoms with Crippen LogP contribution in [-0.4, -0.2) is 16.7 Å². The summed E-state index contributed by atoms with van der Waals surface area (Å²) in [5.41, 5.74) is 0. The third-order valence-electron chi connectivity index (χ3n) is 3.72. The number of aromatic nitrogens is 2. The van der Waals surface area contributed by atoms with E-state index in [2.05, 4.69) is 36.2 Å². The van der Waals surface area contributed by atoms with Crippen LogP contribution in [0.25, 0.3) is 0 Å². The minimum Gasteiger partial charge on any atom is -0.338 e. The van der Waals surface area contributed by atoms with Crippen molar-refractivity contribution < 1.29 is 4.52 Å². The van der Waals surface area contributed by atoms with Crippen molar-refractivity contribution in [1.82, 2.24) is 15.5 Å². The maximum absolute atomic E-state index is 5.34. The summed E-state index contributed by atoms with van der Waals surface area (Å²) in [6.07, 6.45) is 4.99. The maximum atomic E-state index is 5.34. The molecular weight excluding hydrogens is 214 g/mol. The molecule has 1 saturated carbocycles. The van der Waals surface area contributed by atoms with Gasteiger partial charge >= 0.3 is 0 Å². The van der Waals surface area contributed by atoms with Crippen LogP contribution in [0.3, 0.4) is 0 Å². The van der Waals surface area contributed by atoms with Gasteiger partial charge in [0.05, 0.1) is 6.04 Å². The van der Waals surface area contributed by atoms with Crippen LogP contribution >= 0.6 is 0 Å². The predicted octanol–water partition coefficient (Wildman–Crippen LogP) is 3.03. The highest BCUT2D eigenvalue weighted by Crippen LogP contribution is 2.34. The lowest BCUT2D eigenvalue weighted by Gasteiger charge is -2.23. The van der Waals surface area contributed by atoms with Gasteiger partial charge in [-0.2, -0.15) is 4.98 Å². The molecular formula is C13H23N3O. The molecule has 1 unspecified atom stereocenters. The highest BCUT2D eigenvalue weighted by molar-refractivity contribution is 4.99. The largest absolute Gasteiger partial charge is 0.338 e. The van der Waals surface area contributed by atoms with Gasteiger partial charge in [-0.05, 0) is 32.2 Å². The molecule has 1 N–H and O–H groups in total. The second-order valence-corrected chi connectivity index (χ2v) is 5.23. The van der Waals surface area contributed by atoms with Crippen molar-refractivity contribution in [2.24, 2.45) is 5.92 Å². The summed E-state index contributed by atoms with van der Waals surface area (Å²) in [6.45, 7) is 7.38. The quantitative estimate of drug-likeness (QED) is 0.874. The first-order valence-electron chi connectivity index (χ1n) is 6.77. The lowest BCUT2D eigenvalue weighted by atomic mass is 9.83. The zero-order valence-electron chi connectivity index (χ0n) is 11.1. The Morgan fingerprint density at radius 2 is 2.06 bits per heavy atom. The first-order chi connectivity index (χ1) is 8.20. The van der Waals surface area contributed by atoms with Gasteiger partial charge in [-0.3, -0.25) is 0 Å². The first-order valence-corrected chi connectivity index (χ1v) is 6.77. The van der Waals surface area contributed by atoms with E-state index in [4.69, 9.17) is 4.52 Å². The van der Waals surface area contributed by atoms with E-state index >= 15 is 0 Å². The number of rotatable bonds is 4. The summed E-state index contributed by atoms with van der Waals surface area (Å²) in [7, 11) is 0. The van der Waals surface area contributed by atoms with Crippen molar-refractivity contribution >= 4 is 0 Å². The van der Waals surface area contributed by atoms with Gasteiger partial charge in [-0.25, -0.2) is 0 Å². The average molecular weight is 237 g/mol. The van der Waals surface area contributed by atoms with Gasteiger partial charge in [0.2, 0.25) is 5.89 Å². The summed E-state index contributed by atoms with van der Waals surface area (Å²) < 4.78 is 5.34. The summed E-state index contributed by atoms with van der Waals surface area (Å²) >= 11 is 0. The van der Waals surface area contributed by atoms with Crippen molar-refractivity contribution in [3.05, 3.63) is 11.7 Å². The first kappa shape index (κ1) is 12.6. The van der Waals surface area contributed by atoms with Gasteiger partial charge in [0.15, 0.2) is 5.82 Å². The van der Waals surface area contributed by atoms with Crippen LogP contribution in [0.1, 0.15) is 70.1 Å². The average Bonchev–Trinajstić information content (AvgIpc) is 2.80. The van der Waals surface area contributed by atoms with Crippen molar-refractivity contribution in [2.75, 3.05) is 6.54 Å². The third-order valence-corrected chi connectivity index (χ3v) is 3.72. The fraction of sp³-hybridized carbons (Fsp3) is 0.846. The van der Waals surface area contributed by atoms with E-state index in [0.717, 1.165) is 24.2 Å². The van der Waals surface area contributed by atoms with Gasteiger partial charge < -0.3 is 9.84 Å². The van der Waals surface area contributed by atoms with Crippen molar-refractivity contribution in [1.29, 1.82) is 0 Å². The smallest absolute Gasteiger partial charge is 0.243 e. The van der Waals surface area contributed by atoms with Crippen LogP contribution in [0.2, 0.25) is 0 Å². The van der Waals surface area contributed by atoms with E-state index in [1.165, 1.54) is 25.7 Å². The zero-order valence-corrected chi connectivity index (χ0v) is 11.1. The van der Waals surface area contributed by atoms with Crippen LogP contribution in [-0.2, 0) is 0 Å². The Morgan fingerprint density at radius 3 is 2.71 bits per heavy atom. The Morgan fingerprint density at radius 1 is 1.35 bits per heavy atom. The molecule has 1 aromatic rings. The van der Waals surface area contributed by atoms with E-state index in [-0.39, 0.29) is 6.04 Å². The van der Waals surface area contributed by atoms with Gasteiger partial charge in [0.25, 0.3) is 0 Å². The third kappa shape index (κ3) is 3.06. The number of nitrogens with one attached hydrogen (secondary N) is 1. The normalized spacial score (nSPS) is 27.0. The van der Waals surface area contributed by atoms with E-state index < -0.39 is 0 Å². The molecule has 4 nitrogen and oxygen atoms in total. The summed E-state index contributed by atoms with van der Waals surface area (Å²) in [6, 6.07) is 0.156. The molecule has 0 radical (unpaired) electrons. The fourth-order valence-corrected chi connectivity index (χ4v) is 2.50. The van der Waals surface area contributed by atoms with E-state index in [1.807, 2.05) is 0 Å². The molecule has 0 amide bonds. The van der Waals surface area contributed by atoms with Crippen molar-refractivity contribution in [3.8, 4) is 0 Å². The fourth-order valence-electron chi connectivity index (χ4n) is 2.50. The van der Waals surface area contributed by atoms with Crippen LogP contribution < -0.4 is 5.32 Å². The SMILES string of the molecule is CCNC(C)c1nc(C2CCC(C)CC2)no1. The predicted molar refractivity (Wildman–Crippen MR) is 66.8 cm³/mol. The number of hydrogen-bond acceptors (Lipinski definition) is 4. The molecule has 2 rings (SSSR count). The highest BCUT2D eigenvalue weighted by atomic mass is 16.5. The Kier molecular flexibility index (Phi) is 4.15. The summed E-state index contributed by atoms with van der Waals surface area (Å²) in [4.78, 5) is 4.54. The molecule has 1 aromatic heterocycles. The lowest BCUT2D eigenvalue weighted by molar-refractivity contribution is 0.315. The van der Waals surface area contributed by atoms with E-state index in [0.29, 0.717) is 5.92 Å². The van der Waals surface area contributed by atoms with Crippen LogP contribution in [0, 0.1) is 5.92 Å². The Labute approximate surface area is 103 Å². The molecule has 1 fully saturated rings. The standard InChI is InChI=1S/C13H23N3O/c1-4-14-10(3)13-15-12(16-17-13)11-7-5-9(2)6-8-11/h9-11,14H,4-8H2,1-3H3. The van der Waals surface area contributed by atoms with Crippen LogP contribution in [0.5, 0.6) is 0 Å². The second-order valence-electron chi connectivity index (χ2n) is 5.23. The molecule has 0 bridgehead atoms. The van der Waals surface area contributed by atoms with E-state index in [9.17, 15) is 0 Å². The Hall–Kier alpha value is -0.900. The number of nitrogens with zero attached hydrogens (tertiary/aromatic N) is 2.